The lowest BCUT2D eigenvalue weighted by molar-refractivity contribution is 0.120. The summed E-state index contributed by atoms with van der Waals surface area (Å²) in [5, 5.41) is 0. The molecule has 0 aromatic heterocycles. The van der Waals surface area contributed by atoms with E-state index in [0.717, 1.165) is 17.8 Å². The van der Waals surface area contributed by atoms with E-state index in [-0.39, 0.29) is 4.90 Å². The molecule has 1 aromatic carbocycles. The van der Waals surface area contributed by atoms with E-state index in [1.807, 2.05) is 0 Å². The van der Waals surface area contributed by atoms with Crippen LogP contribution in [0.2, 0.25) is 0 Å². The topological polar surface area (TPSA) is 89.9 Å². The Morgan fingerprint density at radius 2 is 2.16 bits per heavy atom. The molecule has 6 nitrogen and oxygen atoms in total. The first-order valence-electron chi connectivity index (χ1n) is 5.05. The van der Waals surface area contributed by atoms with Crippen LogP contribution < -0.4 is 0 Å². The second-order valence-corrected chi connectivity index (χ2v) is 6.78. The summed E-state index contributed by atoms with van der Waals surface area (Å²) >= 11 is 1.14. The van der Waals surface area contributed by atoms with Gasteiger partial charge >= 0.3 is 18.4 Å². The zero-order valence-corrected chi connectivity index (χ0v) is 12.5. The lowest BCUT2D eigenvalue weighted by Gasteiger charge is -2.10. The molecule has 1 atom stereocenters. The Kier molecular flexibility index (Phi) is 6.45. The lowest BCUT2D eigenvalue weighted by atomic mass is 10.3. The van der Waals surface area contributed by atoms with Crippen LogP contribution in [0.15, 0.2) is 28.0 Å². The van der Waals surface area contributed by atoms with Gasteiger partial charge in [-0.3, -0.25) is 9.09 Å². The van der Waals surface area contributed by atoms with Crippen molar-refractivity contribution in [3.05, 3.63) is 24.0 Å². The summed E-state index contributed by atoms with van der Waals surface area (Å²) in [6, 6.07) is 3.82. The van der Waals surface area contributed by atoms with Crippen LogP contribution in [0.1, 0.15) is 6.92 Å². The highest BCUT2D eigenvalue weighted by Crippen LogP contribution is 2.30. The summed E-state index contributed by atoms with van der Waals surface area (Å²) in [4.78, 5) is 8.00. The molecule has 0 saturated heterocycles. The largest absolute Gasteiger partial charge is 0.326 e. The van der Waals surface area contributed by atoms with Gasteiger partial charge in [0.2, 0.25) is 0 Å². The van der Waals surface area contributed by atoms with Crippen LogP contribution in [0.5, 0.6) is 0 Å². The number of hydrogen-bond donors (Lipinski definition) is 1. The molecule has 0 heterocycles. The van der Waals surface area contributed by atoms with Gasteiger partial charge in [0, 0.05) is 4.90 Å². The highest BCUT2D eigenvalue weighted by molar-refractivity contribution is 8.00. The molecule has 0 aliphatic heterocycles. The SMILES string of the molecule is CCSc1cccc(F)c1S(=O)(=O)OCO[PH](=O)O. The fourth-order valence-corrected chi connectivity index (χ4v) is 3.55. The minimum atomic E-state index is -4.39. The van der Waals surface area contributed by atoms with Crippen molar-refractivity contribution in [1.29, 1.82) is 0 Å². The van der Waals surface area contributed by atoms with Gasteiger partial charge in [0.1, 0.15) is 10.7 Å². The molecule has 0 aliphatic carbocycles. The van der Waals surface area contributed by atoms with E-state index in [9.17, 15) is 17.4 Å². The molecule has 0 spiro atoms. The number of rotatable bonds is 7. The van der Waals surface area contributed by atoms with E-state index >= 15 is 0 Å². The van der Waals surface area contributed by atoms with E-state index < -0.39 is 35.9 Å². The highest BCUT2D eigenvalue weighted by atomic mass is 32.2. The smallest absolute Gasteiger partial charge is 0.318 e. The molecule has 1 aromatic rings. The first-order valence-corrected chi connectivity index (χ1v) is 8.70. The molecule has 1 rings (SSSR count). The van der Waals surface area contributed by atoms with Crippen LogP contribution in [0.25, 0.3) is 0 Å². The molecule has 0 fully saturated rings. The van der Waals surface area contributed by atoms with Gasteiger partial charge in [-0.25, -0.2) is 8.57 Å². The van der Waals surface area contributed by atoms with E-state index in [1.165, 1.54) is 12.1 Å². The summed E-state index contributed by atoms with van der Waals surface area (Å²) in [5.74, 6) is -0.401. The number of benzene rings is 1. The molecular weight excluding hydrogens is 318 g/mol. The monoisotopic (exact) mass is 330 g/mol. The van der Waals surface area contributed by atoms with Crippen molar-refractivity contribution in [2.45, 2.75) is 16.7 Å². The zero-order chi connectivity index (χ0) is 14.5. The first kappa shape index (κ1) is 16.6. The Labute approximate surface area is 115 Å². The van der Waals surface area contributed by atoms with Crippen molar-refractivity contribution in [1.82, 2.24) is 0 Å². The van der Waals surface area contributed by atoms with Crippen LogP contribution in [-0.2, 0) is 23.4 Å². The minimum Gasteiger partial charge on any atom is -0.326 e. The third kappa shape index (κ3) is 4.87. The van der Waals surface area contributed by atoms with Crippen LogP contribution in [0.3, 0.4) is 0 Å². The third-order valence-corrected chi connectivity index (χ3v) is 4.62. The van der Waals surface area contributed by atoms with Gasteiger partial charge in [0.15, 0.2) is 6.79 Å². The van der Waals surface area contributed by atoms with Crippen molar-refractivity contribution in [2.24, 2.45) is 0 Å². The van der Waals surface area contributed by atoms with Gasteiger partial charge in [0.05, 0.1) is 0 Å². The van der Waals surface area contributed by atoms with Gasteiger partial charge in [-0.2, -0.15) is 8.42 Å². The van der Waals surface area contributed by atoms with Crippen molar-refractivity contribution in [3.8, 4) is 0 Å². The molecule has 0 radical (unpaired) electrons. The minimum absolute atomic E-state index is 0.208. The maximum absolute atomic E-state index is 13.6. The van der Waals surface area contributed by atoms with Crippen LogP contribution in [0.4, 0.5) is 4.39 Å². The Morgan fingerprint density at radius 1 is 1.47 bits per heavy atom. The molecule has 0 amide bonds. The van der Waals surface area contributed by atoms with Crippen molar-refractivity contribution >= 4 is 30.1 Å². The fourth-order valence-electron chi connectivity index (χ4n) is 1.20. The first-order chi connectivity index (χ1) is 8.88. The molecule has 1 N–H and O–H groups in total. The average molecular weight is 330 g/mol. The van der Waals surface area contributed by atoms with Crippen LogP contribution in [-0.4, -0.2) is 25.9 Å². The molecule has 108 valence electrons. The van der Waals surface area contributed by atoms with Gasteiger partial charge in [-0.1, -0.05) is 13.0 Å². The van der Waals surface area contributed by atoms with Gasteiger partial charge in [-0.05, 0) is 17.9 Å². The van der Waals surface area contributed by atoms with E-state index in [0.29, 0.717) is 5.75 Å². The van der Waals surface area contributed by atoms with Gasteiger partial charge in [-0.15, -0.1) is 11.8 Å². The summed E-state index contributed by atoms with van der Waals surface area (Å²) in [6.45, 7) is 0.842. The van der Waals surface area contributed by atoms with Gasteiger partial charge < -0.3 is 4.89 Å². The molecule has 19 heavy (non-hydrogen) atoms. The molecular formula is C9H12FO6PS2. The van der Waals surface area contributed by atoms with E-state index in [2.05, 4.69) is 8.71 Å². The van der Waals surface area contributed by atoms with E-state index in [1.54, 1.807) is 6.92 Å². The predicted molar refractivity (Wildman–Crippen MR) is 68.2 cm³/mol. The maximum atomic E-state index is 13.6. The highest BCUT2D eigenvalue weighted by Gasteiger charge is 2.24. The van der Waals surface area contributed by atoms with Crippen molar-refractivity contribution in [3.63, 3.8) is 0 Å². The maximum Gasteiger partial charge on any atom is 0.318 e. The Hall–Kier alpha value is -0.440. The van der Waals surface area contributed by atoms with Crippen LogP contribution in [0, 0.1) is 5.82 Å². The van der Waals surface area contributed by atoms with Gasteiger partial charge in [0.25, 0.3) is 0 Å². The van der Waals surface area contributed by atoms with Crippen molar-refractivity contribution < 1.29 is 31.0 Å². The van der Waals surface area contributed by atoms with Crippen molar-refractivity contribution in [2.75, 3.05) is 12.5 Å². The average Bonchev–Trinajstić information content (AvgIpc) is 2.28. The molecule has 0 bridgehead atoms. The van der Waals surface area contributed by atoms with Crippen LogP contribution >= 0.6 is 20.0 Å². The molecule has 1 unspecified atom stereocenters. The lowest BCUT2D eigenvalue weighted by Crippen LogP contribution is -2.11. The Morgan fingerprint density at radius 3 is 2.74 bits per heavy atom. The summed E-state index contributed by atoms with van der Waals surface area (Å²) < 4.78 is 56.0. The zero-order valence-electron chi connectivity index (χ0n) is 9.83. The summed E-state index contributed by atoms with van der Waals surface area (Å²) in [6.07, 6.45) is 0. The Balaban J connectivity index is 3.02. The molecule has 0 aliphatic rings. The number of halogens is 1. The Bertz CT molecular complexity index is 562. The quantitative estimate of drug-likeness (QED) is 0.354. The summed E-state index contributed by atoms with van der Waals surface area (Å²) in [5.41, 5.74) is 0. The third-order valence-electron chi connectivity index (χ3n) is 1.87. The summed E-state index contributed by atoms with van der Waals surface area (Å²) in [7, 11) is -7.70. The second-order valence-electron chi connectivity index (χ2n) is 3.10. The van der Waals surface area contributed by atoms with E-state index in [4.69, 9.17) is 4.89 Å². The fraction of sp³-hybridized carbons (Fsp3) is 0.333. The molecule has 10 heteroatoms. The standard InChI is InChI=1S/C9H12FO6PS2/c1-2-18-8-5-3-4-7(10)9(8)19(13,14)16-6-15-17(11)12/h3-5,17H,2,6H2,1H3,(H,11,12). The number of thioether (sulfide) groups is 1. The predicted octanol–water partition coefficient (Wildman–Crippen LogP) is 2.00. The molecule has 0 saturated carbocycles. The number of hydrogen-bond acceptors (Lipinski definition) is 6. The second kappa shape index (κ2) is 7.37. The normalized spacial score (nSPS) is 13.4.